The molecule has 0 saturated carbocycles. The van der Waals surface area contributed by atoms with Gasteiger partial charge in [-0.1, -0.05) is 60.7 Å². The minimum atomic E-state index is -0.137. The molecule has 2 aromatic carbocycles. The second-order valence-electron chi connectivity index (χ2n) is 8.00. The molecule has 1 aromatic heterocycles. The first kappa shape index (κ1) is 21.8. The molecule has 3 aromatic rings. The molecule has 1 aliphatic heterocycles. The Labute approximate surface area is 188 Å². The summed E-state index contributed by atoms with van der Waals surface area (Å²) in [7, 11) is 0. The standard InChI is InChI=1S/C26H29N3O3/c30-24(27-20-23-12-7-19-32-23)13-14-25(31)28-15-17-29(18-16-28)26(21-8-3-1-4-9-21)22-10-5-2-6-11-22/h1-12,19,26H,13-18,20H2,(H,27,30). The molecule has 1 saturated heterocycles. The van der Waals surface area contributed by atoms with Gasteiger partial charge in [-0.3, -0.25) is 14.5 Å². The summed E-state index contributed by atoms with van der Waals surface area (Å²) in [4.78, 5) is 29.0. The molecule has 0 unspecified atom stereocenters. The van der Waals surface area contributed by atoms with Crippen LogP contribution in [0.15, 0.2) is 83.5 Å². The minimum absolute atomic E-state index is 0.0359. The number of carbonyl (C=O) groups excluding carboxylic acids is 2. The van der Waals surface area contributed by atoms with Gasteiger partial charge in [-0.2, -0.15) is 0 Å². The van der Waals surface area contributed by atoms with E-state index in [0.717, 1.165) is 13.1 Å². The van der Waals surface area contributed by atoms with E-state index in [1.165, 1.54) is 11.1 Å². The van der Waals surface area contributed by atoms with Gasteiger partial charge in [0.25, 0.3) is 0 Å². The van der Waals surface area contributed by atoms with Gasteiger partial charge in [-0.15, -0.1) is 0 Å². The molecule has 6 heteroatoms. The molecule has 32 heavy (non-hydrogen) atoms. The maximum absolute atomic E-state index is 12.7. The van der Waals surface area contributed by atoms with E-state index in [4.69, 9.17) is 4.42 Å². The predicted octanol–water partition coefficient (Wildman–Crippen LogP) is 3.61. The SMILES string of the molecule is O=C(CCC(=O)N1CCN(C(c2ccccc2)c2ccccc2)CC1)NCc1ccco1. The van der Waals surface area contributed by atoms with Crippen molar-refractivity contribution in [3.8, 4) is 0 Å². The van der Waals surface area contributed by atoms with Gasteiger partial charge in [0.1, 0.15) is 5.76 Å². The van der Waals surface area contributed by atoms with E-state index in [-0.39, 0.29) is 30.7 Å². The first-order valence-corrected chi connectivity index (χ1v) is 11.1. The highest BCUT2D eigenvalue weighted by Gasteiger charge is 2.28. The Balaban J connectivity index is 1.29. The fourth-order valence-corrected chi connectivity index (χ4v) is 4.18. The summed E-state index contributed by atoms with van der Waals surface area (Å²) in [5, 5.41) is 2.79. The lowest BCUT2D eigenvalue weighted by molar-refractivity contribution is -0.135. The van der Waals surface area contributed by atoms with Crippen molar-refractivity contribution in [3.05, 3.63) is 95.9 Å². The second-order valence-corrected chi connectivity index (χ2v) is 8.00. The lowest BCUT2D eigenvalue weighted by atomic mass is 9.96. The third kappa shape index (κ3) is 5.65. The molecule has 1 N–H and O–H groups in total. The van der Waals surface area contributed by atoms with Crippen LogP contribution in [0.25, 0.3) is 0 Å². The average Bonchev–Trinajstić information content (AvgIpc) is 3.37. The maximum atomic E-state index is 12.7. The average molecular weight is 432 g/mol. The van der Waals surface area contributed by atoms with Crippen molar-refractivity contribution in [2.75, 3.05) is 26.2 Å². The molecular formula is C26H29N3O3. The van der Waals surface area contributed by atoms with Crippen LogP contribution in [0.2, 0.25) is 0 Å². The van der Waals surface area contributed by atoms with Crippen molar-refractivity contribution in [1.82, 2.24) is 15.1 Å². The van der Waals surface area contributed by atoms with E-state index < -0.39 is 0 Å². The van der Waals surface area contributed by atoms with Crippen LogP contribution in [0.5, 0.6) is 0 Å². The van der Waals surface area contributed by atoms with Crippen molar-refractivity contribution in [1.29, 1.82) is 0 Å². The number of nitrogens with zero attached hydrogens (tertiary/aromatic N) is 2. The van der Waals surface area contributed by atoms with Gasteiger partial charge in [-0.25, -0.2) is 0 Å². The van der Waals surface area contributed by atoms with Gasteiger partial charge in [-0.05, 0) is 23.3 Å². The van der Waals surface area contributed by atoms with Crippen molar-refractivity contribution in [2.24, 2.45) is 0 Å². The summed E-state index contributed by atoms with van der Waals surface area (Å²) in [6.07, 6.45) is 1.99. The number of nitrogens with one attached hydrogen (secondary N) is 1. The zero-order valence-electron chi connectivity index (χ0n) is 18.2. The van der Waals surface area contributed by atoms with E-state index >= 15 is 0 Å². The first-order valence-electron chi connectivity index (χ1n) is 11.1. The van der Waals surface area contributed by atoms with Gasteiger partial charge in [0, 0.05) is 39.0 Å². The lowest BCUT2D eigenvalue weighted by Gasteiger charge is -2.39. The van der Waals surface area contributed by atoms with E-state index in [0.29, 0.717) is 25.4 Å². The van der Waals surface area contributed by atoms with Crippen LogP contribution in [-0.2, 0) is 16.1 Å². The lowest BCUT2D eigenvalue weighted by Crippen LogP contribution is -2.50. The molecule has 4 rings (SSSR count). The minimum Gasteiger partial charge on any atom is -0.467 e. The van der Waals surface area contributed by atoms with Crippen LogP contribution in [-0.4, -0.2) is 47.8 Å². The van der Waals surface area contributed by atoms with Crippen molar-refractivity contribution in [2.45, 2.75) is 25.4 Å². The topological polar surface area (TPSA) is 65.8 Å². The number of hydrogen-bond acceptors (Lipinski definition) is 4. The van der Waals surface area contributed by atoms with Crippen molar-refractivity contribution >= 4 is 11.8 Å². The summed E-state index contributed by atoms with van der Waals surface area (Å²) in [6, 6.07) is 24.8. The van der Waals surface area contributed by atoms with Crippen LogP contribution >= 0.6 is 0 Å². The Morgan fingerprint density at radius 1 is 0.812 bits per heavy atom. The summed E-state index contributed by atoms with van der Waals surface area (Å²) in [5.74, 6) is 0.600. The highest BCUT2D eigenvalue weighted by molar-refractivity contribution is 5.83. The molecule has 0 aliphatic carbocycles. The summed E-state index contributed by atoms with van der Waals surface area (Å²) in [6.45, 7) is 3.28. The van der Waals surface area contributed by atoms with Crippen LogP contribution < -0.4 is 5.32 Å². The normalized spacial score (nSPS) is 14.5. The molecule has 0 radical (unpaired) electrons. The largest absolute Gasteiger partial charge is 0.467 e. The van der Waals surface area contributed by atoms with E-state index in [2.05, 4.69) is 58.7 Å². The van der Waals surface area contributed by atoms with Gasteiger partial charge in [0.05, 0.1) is 18.8 Å². The van der Waals surface area contributed by atoms with E-state index in [9.17, 15) is 9.59 Å². The third-order valence-corrected chi connectivity index (χ3v) is 5.87. The molecule has 0 spiro atoms. The first-order chi connectivity index (χ1) is 15.7. The van der Waals surface area contributed by atoms with Crippen molar-refractivity contribution < 1.29 is 14.0 Å². The summed E-state index contributed by atoms with van der Waals surface area (Å²) >= 11 is 0. The number of amides is 2. The summed E-state index contributed by atoms with van der Waals surface area (Å²) in [5.41, 5.74) is 2.51. The molecule has 0 bridgehead atoms. The smallest absolute Gasteiger partial charge is 0.223 e. The number of carbonyl (C=O) groups is 2. The quantitative estimate of drug-likeness (QED) is 0.592. The van der Waals surface area contributed by atoms with E-state index in [1.807, 2.05) is 23.1 Å². The van der Waals surface area contributed by atoms with Crippen LogP contribution in [0, 0.1) is 0 Å². The monoisotopic (exact) mass is 431 g/mol. The Hall–Kier alpha value is -3.38. The maximum Gasteiger partial charge on any atom is 0.223 e. The third-order valence-electron chi connectivity index (χ3n) is 5.87. The number of rotatable bonds is 8. The van der Waals surface area contributed by atoms with Crippen LogP contribution in [0.3, 0.4) is 0 Å². The van der Waals surface area contributed by atoms with Gasteiger partial charge in [0.15, 0.2) is 0 Å². The molecule has 6 nitrogen and oxygen atoms in total. The molecule has 2 heterocycles. The fourth-order valence-electron chi connectivity index (χ4n) is 4.18. The zero-order valence-corrected chi connectivity index (χ0v) is 18.2. The van der Waals surface area contributed by atoms with Crippen LogP contribution in [0.4, 0.5) is 0 Å². The number of piperazine rings is 1. The molecule has 1 aliphatic rings. The van der Waals surface area contributed by atoms with Gasteiger partial charge >= 0.3 is 0 Å². The Morgan fingerprint density at radius 2 is 1.44 bits per heavy atom. The number of furan rings is 1. The predicted molar refractivity (Wildman–Crippen MR) is 123 cm³/mol. The Bertz CT molecular complexity index is 942. The number of hydrogen-bond donors (Lipinski definition) is 1. The van der Waals surface area contributed by atoms with E-state index in [1.54, 1.807) is 12.3 Å². The number of benzene rings is 2. The molecule has 0 atom stereocenters. The Kier molecular flexibility index (Phi) is 7.35. The Morgan fingerprint density at radius 3 is 2.00 bits per heavy atom. The zero-order chi connectivity index (χ0) is 22.2. The molecule has 166 valence electrons. The van der Waals surface area contributed by atoms with Gasteiger partial charge < -0.3 is 14.6 Å². The fraction of sp³-hybridized carbons (Fsp3) is 0.308. The molecule has 1 fully saturated rings. The van der Waals surface area contributed by atoms with Crippen molar-refractivity contribution in [3.63, 3.8) is 0 Å². The highest BCUT2D eigenvalue weighted by atomic mass is 16.3. The highest BCUT2D eigenvalue weighted by Crippen LogP contribution is 2.29. The molecular weight excluding hydrogens is 402 g/mol. The summed E-state index contributed by atoms with van der Waals surface area (Å²) < 4.78 is 5.20. The molecule has 2 amide bonds. The second kappa shape index (κ2) is 10.8. The van der Waals surface area contributed by atoms with Gasteiger partial charge in [0.2, 0.25) is 11.8 Å². The van der Waals surface area contributed by atoms with Crippen LogP contribution in [0.1, 0.15) is 35.8 Å².